The van der Waals surface area contributed by atoms with Crippen LogP contribution in [0.5, 0.6) is 0 Å². The molecule has 2 atom stereocenters. The normalized spacial score (nSPS) is 20.9. The zero-order valence-electron chi connectivity index (χ0n) is 13.3. The van der Waals surface area contributed by atoms with Crippen LogP contribution in [-0.2, 0) is 25.8 Å². The van der Waals surface area contributed by atoms with Crippen LogP contribution >= 0.6 is 0 Å². The topological polar surface area (TPSA) is 116 Å². The van der Waals surface area contributed by atoms with Crippen LogP contribution < -0.4 is 5.32 Å². The van der Waals surface area contributed by atoms with Crippen LogP contribution in [0.25, 0.3) is 0 Å². The van der Waals surface area contributed by atoms with Gasteiger partial charge >= 0.3 is 5.97 Å². The van der Waals surface area contributed by atoms with Gasteiger partial charge in [-0.25, -0.2) is 13.2 Å². The SMILES string of the molecule is CCc1noc(C)c1C(=O)O[C@H](C)C(=O)N[C@@H]1CCS(=O)(=O)C1. The number of aromatic nitrogens is 1. The molecule has 128 valence electrons. The van der Waals surface area contributed by atoms with Gasteiger partial charge in [0.1, 0.15) is 11.3 Å². The number of esters is 1. The van der Waals surface area contributed by atoms with E-state index in [4.69, 9.17) is 9.26 Å². The molecular weight excluding hydrogens is 324 g/mol. The molecule has 1 N–H and O–H groups in total. The molecule has 1 fully saturated rings. The Morgan fingerprint density at radius 1 is 1.48 bits per heavy atom. The number of amides is 1. The second kappa shape index (κ2) is 6.69. The molecule has 0 aromatic carbocycles. The Balaban J connectivity index is 1.95. The third-order valence-electron chi connectivity index (χ3n) is 3.70. The minimum atomic E-state index is -3.08. The van der Waals surface area contributed by atoms with Gasteiger partial charge in [-0.2, -0.15) is 0 Å². The quantitative estimate of drug-likeness (QED) is 0.768. The van der Waals surface area contributed by atoms with Crippen molar-refractivity contribution in [2.45, 2.75) is 45.8 Å². The highest BCUT2D eigenvalue weighted by molar-refractivity contribution is 7.91. The molecule has 0 unspecified atom stereocenters. The van der Waals surface area contributed by atoms with Gasteiger partial charge in [-0.05, 0) is 26.7 Å². The Labute approximate surface area is 134 Å². The van der Waals surface area contributed by atoms with Crippen LogP contribution in [0, 0.1) is 6.92 Å². The number of ether oxygens (including phenoxy) is 1. The van der Waals surface area contributed by atoms with Crippen LogP contribution in [0.15, 0.2) is 4.52 Å². The summed E-state index contributed by atoms with van der Waals surface area (Å²) in [6.45, 7) is 4.85. The van der Waals surface area contributed by atoms with Crippen molar-refractivity contribution in [3.63, 3.8) is 0 Å². The van der Waals surface area contributed by atoms with Crippen molar-refractivity contribution in [2.75, 3.05) is 11.5 Å². The van der Waals surface area contributed by atoms with Crippen LogP contribution in [0.2, 0.25) is 0 Å². The third-order valence-corrected chi connectivity index (χ3v) is 5.47. The average molecular weight is 344 g/mol. The van der Waals surface area contributed by atoms with Crippen LogP contribution in [0.3, 0.4) is 0 Å². The average Bonchev–Trinajstić information content (AvgIpc) is 3.00. The molecule has 0 spiro atoms. The lowest BCUT2D eigenvalue weighted by atomic mass is 10.1. The molecule has 23 heavy (non-hydrogen) atoms. The molecule has 1 amide bonds. The molecule has 1 aromatic rings. The van der Waals surface area contributed by atoms with Crippen molar-refractivity contribution in [3.8, 4) is 0 Å². The molecule has 1 saturated heterocycles. The largest absolute Gasteiger partial charge is 0.449 e. The maximum absolute atomic E-state index is 12.2. The molecule has 8 nitrogen and oxygen atoms in total. The van der Waals surface area contributed by atoms with Gasteiger partial charge in [0.2, 0.25) is 0 Å². The first-order valence-electron chi connectivity index (χ1n) is 7.40. The van der Waals surface area contributed by atoms with E-state index in [0.717, 1.165) is 0 Å². The smallest absolute Gasteiger partial charge is 0.344 e. The van der Waals surface area contributed by atoms with Crippen molar-refractivity contribution in [1.82, 2.24) is 10.5 Å². The van der Waals surface area contributed by atoms with E-state index in [9.17, 15) is 18.0 Å². The van der Waals surface area contributed by atoms with E-state index in [2.05, 4.69) is 10.5 Å². The number of rotatable bonds is 5. The highest BCUT2D eigenvalue weighted by atomic mass is 32.2. The van der Waals surface area contributed by atoms with E-state index in [1.165, 1.54) is 6.92 Å². The van der Waals surface area contributed by atoms with Crippen molar-refractivity contribution in [1.29, 1.82) is 0 Å². The zero-order chi connectivity index (χ0) is 17.2. The fraction of sp³-hybridized carbons (Fsp3) is 0.643. The van der Waals surface area contributed by atoms with Gasteiger partial charge in [0.25, 0.3) is 5.91 Å². The first-order chi connectivity index (χ1) is 10.7. The molecule has 2 rings (SSSR count). The standard InChI is InChI=1S/C14H20N2O6S/c1-4-11-12(8(2)22-16-11)14(18)21-9(3)13(17)15-10-5-6-23(19,20)7-10/h9-10H,4-7H2,1-3H3,(H,15,17)/t9-,10-/m1/s1. The summed E-state index contributed by atoms with van der Waals surface area (Å²) in [5.74, 6) is -0.882. The highest BCUT2D eigenvalue weighted by Crippen LogP contribution is 2.16. The van der Waals surface area contributed by atoms with E-state index < -0.39 is 33.9 Å². The van der Waals surface area contributed by atoms with E-state index in [1.54, 1.807) is 6.92 Å². The molecule has 1 aliphatic rings. The molecule has 1 aromatic heterocycles. The van der Waals surface area contributed by atoms with Gasteiger partial charge in [0, 0.05) is 6.04 Å². The van der Waals surface area contributed by atoms with Crippen LogP contribution in [0.1, 0.15) is 42.1 Å². The molecule has 0 saturated carbocycles. The Bertz CT molecular complexity index is 709. The molecule has 2 heterocycles. The third kappa shape index (κ3) is 4.10. The fourth-order valence-corrected chi connectivity index (χ4v) is 4.09. The Morgan fingerprint density at radius 3 is 2.74 bits per heavy atom. The maximum atomic E-state index is 12.2. The van der Waals surface area contributed by atoms with E-state index >= 15 is 0 Å². The lowest BCUT2D eigenvalue weighted by Crippen LogP contribution is -2.42. The molecule has 9 heteroatoms. The fourth-order valence-electron chi connectivity index (χ4n) is 2.42. The van der Waals surface area contributed by atoms with Crippen LogP contribution in [0.4, 0.5) is 0 Å². The lowest BCUT2D eigenvalue weighted by molar-refractivity contribution is -0.129. The number of aryl methyl sites for hydroxylation is 2. The monoisotopic (exact) mass is 344 g/mol. The number of hydrogen-bond donors (Lipinski definition) is 1. The summed E-state index contributed by atoms with van der Waals surface area (Å²) in [7, 11) is -3.08. The van der Waals surface area contributed by atoms with Crippen molar-refractivity contribution in [3.05, 3.63) is 17.0 Å². The summed E-state index contributed by atoms with van der Waals surface area (Å²) in [4.78, 5) is 24.2. The van der Waals surface area contributed by atoms with Crippen molar-refractivity contribution < 1.29 is 27.3 Å². The summed E-state index contributed by atoms with van der Waals surface area (Å²) in [6, 6.07) is -0.433. The summed E-state index contributed by atoms with van der Waals surface area (Å²) in [6.07, 6.45) is -0.160. The first kappa shape index (κ1) is 17.5. The predicted molar refractivity (Wildman–Crippen MR) is 80.7 cm³/mol. The van der Waals surface area contributed by atoms with Gasteiger partial charge in [-0.1, -0.05) is 12.1 Å². The minimum absolute atomic E-state index is 0.0614. The number of nitrogens with one attached hydrogen (secondary N) is 1. The second-order valence-corrected chi connectivity index (χ2v) is 7.80. The number of nitrogens with zero attached hydrogens (tertiary/aromatic N) is 1. The number of hydrogen-bond acceptors (Lipinski definition) is 7. The van der Waals surface area contributed by atoms with Crippen molar-refractivity contribution in [2.24, 2.45) is 0 Å². The number of carbonyl (C=O) groups is 2. The lowest BCUT2D eigenvalue weighted by Gasteiger charge is -2.16. The maximum Gasteiger partial charge on any atom is 0.344 e. The summed E-state index contributed by atoms with van der Waals surface area (Å²) in [5, 5.41) is 6.36. The Hall–Kier alpha value is -1.90. The Kier molecular flexibility index (Phi) is 5.08. The van der Waals surface area contributed by atoms with Crippen molar-refractivity contribution >= 4 is 21.7 Å². The summed E-state index contributed by atoms with van der Waals surface area (Å²) >= 11 is 0. The summed E-state index contributed by atoms with van der Waals surface area (Å²) in [5.41, 5.74) is 0.706. The zero-order valence-corrected chi connectivity index (χ0v) is 14.1. The number of carbonyl (C=O) groups excluding carboxylic acids is 2. The summed E-state index contributed by atoms with van der Waals surface area (Å²) < 4.78 is 32.9. The van der Waals surface area contributed by atoms with Gasteiger partial charge in [0.05, 0.1) is 17.2 Å². The van der Waals surface area contributed by atoms with E-state index in [1.807, 2.05) is 6.92 Å². The second-order valence-electron chi connectivity index (χ2n) is 5.57. The molecule has 1 aliphatic heterocycles. The minimum Gasteiger partial charge on any atom is -0.449 e. The van der Waals surface area contributed by atoms with Crippen LogP contribution in [-0.4, -0.2) is 49.1 Å². The number of sulfone groups is 1. The van der Waals surface area contributed by atoms with Gasteiger partial charge in [0.15, 0.2) is 15.9 Å². The van der Waals surface area contributed by atoms with E-state index in [-0.39, 0.29) is 17.1 Å². The van der Waals surface area contributed by atoms with E-state index in [0.29, 0.717) is 24.3 Å². The van der Waals surface area contributed by atoms with Gasteiger partial charge in [-0.3, -0.25) is 4.79 Å². The molecule has 0 aliphatic carbocycles. The van der Waals surface area contributed by atoms with Gasteiger partial charge in [-0.15, -0.1) is 0 Å². The van der Waals surface area contributed by atoms with Gasteiger partial charge < -0.3 is 14.6 Å². The first-order valence-corrected chi connectivity index (χ1v) is 9.22. The highest BCUT2D eigenvalue weighted by Gasteiger charge is 2.31. The molecule has 0 radical (unpaired) electrons. The Morgan fingerprint density at radius 2 is 2.17 bits per heavy atom. The molecular formula is C14H20N2O6S. The molecule has 0 bridgehead atoms. The predicted octanol–water partition coefficient (Wildman–Crippen LogP) is 0.394.